The molecule has 4 heteroatoms. The molecule has 1 aromatic heterocycles. The van der Waals surface area contributed by atoms with Crippen LogP contribution in [-0.2, 0) is 4.74 Å². The van der Waals surface area contributed by atoms with E-state index in [2.05, 4.69) is 24.1 Å². The Bertz CT molecular complexity index is 467. The van der Waals surface area contributed by atoms with Crippen LogP contribution in [0.1, 0.15) is 37.0 Å². The lowest BCUT2D eigenvalue weighted by molar-refractivity contribution is 0.0525. The summed E-state index contributed by atoms with van der Waals surface area (Å²) in [6, 6.07) is 3.40. The molecule has 108 valence electrons. The number of hydrogen-bond acceptors (Lipinski definition) is 4. The molecule has 0 aromatic carbocycles. The van der Waals surface area contributed by atoms with E-state index in [1.807, 2.05) is 0 Å². The first-order chi connectivity index (χ1) is 9.70. The molecule has 0 bridgehead atoms. The van der Waals surface area contributed by atoms with Crippen molar-refractivity contribution in [3.8, 4) is 5.88 Å². The maximum Gasteiger partial charge on any atom is 0.339 e. The maximum absolute atomic E-state index is 11.5. The molecule has 1 heterocycles. The summed E-state index contributed by atoms with van der Waals surface area (Å²) >= 11 is 0. The Morgan fingerprint density at radius 3 is 2.80 bits per heavy atom. The fourth-order valence-corrected chi connectivity index (χ4v) is 2.23. The van der Waals surface area contributed by atoms with Gasteiger partial charge in [-0.3, -0.25) is 0 Å². The number of ether oxygens (including phenoxy) is 2. The number of nitrogens with zero attached hydrogens (tertiary/aromatic N) is 1. The highest BCUT2D eigenvalue weighted by Crippen LogP contribution is 2.25. The van der Waals surface area contributed by atoms with Gasteiger partial charge in [0.2, 0.25) is 5.88 Å². The topological polar surface area (TPSA) is 48.4 Å². The minimum Gasteiger partial charge on any atom is -0.477 e. The molecule has 0 spiro atoms. The molecule has 1 aliphatic rings. The molecule has 20 heavy (non-hydrogen) atoms. The average Bonchev–Trinajstić information content (AvgIpc) is 2.47. The van der Waals surface area contributed by atoms with E-state index in [9.17, 15) is 4.79 Å². The van der Waals surface area contributed by atoms with Crippen LogP contribution in [0.4, 0.5) is 0 Å². The van der Waals surface area contributed by atoms with Gasteiger partial charge in [-0.15, -0.1) is 0 Å². The first-order valence-electron chi connectivity index (χ1n) is 7.11. The molecule has 0 radical (unpaired) electrons. The van der Waals surface area contributed by atoms with Gasteiger partial charge in [-0.2, -0.15) is 0 Å². The Morgan fingerprint density at radius 1 is 1.35 bits per heavy atom. The van der Waals surface area contributed by atoms with Gasteiger partial charge in [0, 0.05) is 12.3 Å². The summed E-state index contributed by atoms with van der Waals surface area (Å²) in [7, 11) is 0. The van der Waals surface area contributed by atoms with Crippen molar-refractivity contribution in [3.63, 3.8) is 0 Å². The predicted octanol–water partition coefficient (Wildman–Crippen LogP) is 3.24. The van der Waals surface area contributed by atoms with Gasteiger partial charge in [0.25, 0.3) is 0 Å². The molecule has 1 aliphatic carbocycles. The maximum atomic E-state index is 11.5. The van der Waals surface area contributed by atoms with Gasteiger partial charge in [-0.1, -0.05) is 19.1 Å². The van der Waals surface area contributed by atoms with Crippen LogP contribution in [0.25, 0.3) is 0 Å². The number of allylic oxidation sites excluding steroid dienone is 2. The molecular formula is C16H21NO3. The molecule has 2 rings (SSSR count). The molecule has 0 fully saturated rings. The first kappa shape index (κ1) is 14.6. The third kappa shape index (κ3) is 3.83. The van der Waals surface area contributed by atoms with Crippen molar-refractivity contribution in [1.29, 1.82) is 0 Å². The largest absolute Gasteiger partial charge is 0.477 e. The quantitative estimate of drug-likeness (QED) is 0.611. The van der Waals surface area contributed by atoms with Gasteiger partial charge in [0.1, 0.15) is 0 Å². The van der Waals surface area contributed by atoms with Crippen molar-refractivity contribution in [2.45, 2.75) is 26.7 Å². The van der Waals surface area contributed by atoms with Crippen molar-refractivity contribution in [3.05, 3.63) is 36.0 Å². The highest BCUT2D eigenvalue weighted by molar-refractivity contribution is 5.89. The second-order valence-electron chi connectivity index (χ2n) is 5.10. The van der Waals surface area contributed by atoms with Crippen molar-refractivity contribution in [2.75, 3.05) is 13.2 Å². The Labute approximate surface area is 119 Å². The van der Waals surface area contributed by atoms with Gasteiger partial charge < -0.3 is 9.47 Å². The average molecular weight is 275 g/mol. The van der Waals surface area contributed by atoms with Crippen LogP contribution in [-0.4, -0.2) is 24.2 Å². The van der Waals surface area contributed by atoms with Crippen LogP contribution in [0.15, 0.2) is 30.5 Å². The molecule has 4 nitrogen and oxygen atoms in total. The summed E-state index contributed by atoms with van der Waals surface area (Å²) in [5, 5.41) is 0. The number of carbonyl (C=O) groups is 1. The number of carbonyl (C=O) groups excluding carboxylic acids is 1. The Balaban J connectivity index is 1.87. The van der Waals surface area contributed by atoms with Crippen LogP contribution < -0.4 is 4.74 Å². The summed E-state index contributed by atoms with van der Waals surface area (Å²) in [6.45, 7) is 5.05. The normalized spacial score (nSPS) is 21.5. The standard InChI is InChI=1S/C16H21NO3/c1-3-19-16(18)13-8-9-15(17-10-13)20-11-14-7-5-4-6-12(14)2/h4-5,8-10,12,14H,3,6-7,11H2,1-2H3. The third-order valence-electron chi connectivity index (χ3n) is 3.61. The van der Waals surface area contributed by atoms with Crippen LogP contribution in [0.5, 0.6) is 5.88 Å². The zero-order chi connectivity index (χ0) is 14.4. The fraction of sp³-hybridized carbons (Fsp3) is 0.500. The van der Waals surface area contributed by atoms with Gasteiger partial charge in [0.05, 0.1) is 18.8 Å². The Morgan fingerprint density at radius 2 is 2.15 bits per heavy atom. The van der Waals surface area contributed by atoms with Gasteiger partial charge in [-0.25, -0.2) is 9.78 Å². The first-order valence-corrected chi connectivity index (χ1v) is 7.11. The summed E-state index contributed by atoms with van der Waals surface area (Å²) in [6.07, 6.45) is 8.11. The minimum absolute atomic E-state index is 0.349. The second kappa shape index (κ2) is 7.08. The van der Waals surface area contributed by atoms with Crippen LogP contribution in [0.3, 0.4) is 0 Å². The zero-order valence-corrected chi connectivity index (χ0v) is 12.0. The lowest BCUT2D eigenvalue weighted by Gasteiger charge is -2.24. The second-order valence-corrected chi connectivity index (χ2v) is 5.10. The molecule has 1 aromatic rings. The fourth-order valence-electron chi connectivity index (χ4n) is 2.23. The molecule has 0 saturated carbocycles. The Kier molecular flexibility index (Phi) is 5.16. The number of rotatable bonds is 5. The van der Waals surface area contributed by atoms with E-state index in [0.29, 0.717) is 36.5 Å². The third-order valence-corrected chi connectivity index (χ3v) is 3.61. The van der Waals surface area contributed by atoms with Gasteiger partial charge in [-0.05, 0) is 37.7 Å². The van der Waals surface area contributed by atoms with E-state index in [4.69, 9.17) is 9.47 Å². The molecule has 0 N–H and O–H groups in total. The van der Waals surface area contributed by atoms with Crippen molar-refractivity contribution >= 4 is 5.97 Å². The SMILES string of the molecule is CCOC(=O)c1ccc(OCC2CC=CCC2C)nc1. The zero-order valence-electron chi connectivity index (χ0n) is 12.0. The molecule has 0 aliphatic heterocycles. The lowest BCUT2D eigenvalue weighted by atomic mass is 9.85. The van der Waals surface area contributed by atoms with E-state index in [1.54, 1.807) is 19.1 Å². The van der Waals surface area contributed by atoms with Crippen molar-refractivity contribution < 1.29 is 14.3 Å². The van der Waals surface area contributed by atoms with Gasteiger partial charge in [0.15, 0.2) is 0 Å². The molecule has 2 atom stereocenters. The molecular weight excluding hydrogens is 254 g/mol. The van der Waals surface area contributed by atoms with E-state index in [0.717, 1.165) is 12.8 Å². The van der Waals surface area contributed by atoms with E-state index in [-0.39, 0.29) is 5.97 Å². The smallest absolute Gasteiger partial charge is 0.339 e. The predicted molar refractivity (Wildman–Crippen MR) is 76.7 cm³/mol. The van der Waals surface area contributed by atoms with Crippen LogP contribution in [0.2, 0.25) is 0 Å². The number of pyridine rings is 1. The summed E-state index contributed by atoms with van der Waals surface area (Å²) in [5.41, 5.74) is 0.452. The lowest BCUT2D eigenvalue weighted by Crippen LogP contribution is -2.21. The van der Waals surface area contributed by atoms with Crippen molar-refractivity contribution in [2.24, 2.45) is 11.8 Å². The minimum atomic E-state index is -0.349. The molecule has 2 unspecified atom stereocenters. The molecule has 0 saturated heterocycles. The van der Waals surface area contributed by atoms with Crippen molar-refractivity contribution in [1.82, 2.24) is 4.98 Å². The Hall–Kier alpha value is -1.84. The van der Waals surface area contributed by atoms with Crippen LogP contribution >= 0.6 is 0 Å². The number of esters is 1. The van der Waals surface area contributed by atoms with Gasteiger partial charge >= 0.3 is 5.97 Å². The monoisotopic (exact) mass is 275 g/mol. The molecule has 0 amide bonds. The highest BCUT2D eigenvalue weighted by atomic mass is 16.5. The van der Waals surface area contributed by atoms with E-state index >= 15 is 0 Å². The highest BCUT2D eigenvalue weighted by Gasteiger charge is 2.19. The van der Waals surface area contributed by atoms with Crippen LogP contribution in [0, 0.1) is 11.8 Å². The summed E-state index contributed by atoms with van der Waals surface area (Å²) in [4.78, 5) is 15.6. The number of aromatic nitrogens is 1. The van der Waals surface area contributed by atoms with E-state index in [1.165, 1.54) is 6.20 Å². The summed E-state index contributed by atoms with van der Waals surface area (Å²) < 4.78 is 10.6. The summed E-state index contributed by atoms with van der Waals surface area (Å²) in [5.74, 6) is 1.38. The number of hydrogen-bond donors (Lipinski definition) is 0. The van der Waals surface area contributed by atoms with E-state index < -0.39 is 0 Å².